The van der Waals surface area contributed by atoms with Crippen LogP contribution in [0.4, 0.5) is 0 Å². The summed E-state index contributed by atoms with van der Waals surface area (Å²) in [6.07, 6.45) is 2.25. The molecule has 1 aromatic rings. The molecule has 1 aliphatic rings. The van der Waals surface area contributed by atoms with E-state index >= 15 is 0 Å². The van der Waals surface area contributed by atoms with Crippen molar-refractivity contribution in [3.63, 3.8) is 0 Å². The second kappa shape index (κ2) is 5.25. The normalized spacial score (nSPS) is 14.2. The summed E-state index contributed by atoms with van der Waals surface area (Å²) in [5.74, 6) is 1.19. The first kappa shape index (κ1) is 11.3. The van der Waals surface area contributed by atoms with E-state index in [0.29, 0.717) is 0 Å². The number of hydrogen-bond acceptors (Lipinski definition) is 3. The number of thioether (sulfide) groups is 1. The lowest BCUT2D eigenvalue weighted by atomic mass is 10.1. The molecule has 0 saturated heterocycles. The number of carboxylic acid groups (broad SMARTS) is 1. The summed E-state index contributed by atoms with van der Waals surface area (Å²) in [5, 5.41) is 8.55. The third-order valence-corrected chi connectivity index (χ3v) is 3.68. The van der Waals surface area contributed by atoms with Gasteiger partial charge in [-0.3, -0.25) is 4.79 Å². The van der Waals surface area contributed by atoms with E-state index in [2.05, 4.69) is 6.07 Å². The van der Waals surface area contributed by atoms with Crippen LogP contribution in [0.15, 0.2) is 23.1 Å². The lowest BCUT2D eigenvalue weighted by Gasteiger charge is -2.18. The third-order valence-electron chi connectivity index (χ3n) is 2.49. The Hall–Kier alpha value is -1.16. The molecule has 0 radical (unpaired) electrons. The molecule has 0 aliphatic carbocycles. The Kier molecular flexibility index (Phi) is 3.72. The average Bonchev–Trinajstić information content (AvgIpc) is 2.29. The van der Waals surface area contributed by atoms with E-state index in [1.807, 2.05) is 23.9 Å². The van der Waals surface area contributed by atoms with E-state index in [1.165, 1.54) is 10.5 Å². The smallest absolute Gasteiger partial charge is 0.306 e. The Morgan fingerprint density at radius 3 is 3.19 bits per heavy atom. The van der Waals surface area contributed by atoms with Gasteiger partial charge < -0.3 is 9.84 Å². The summed E-state index contributed by atoms with van der Waals surface area (Å²) >= 11 is 1.85. The van der Waals surface area contributed by atoms with E-state index in [-0.39, 0.29) is 13.0 Å². The predicted molar refractivity (Wildman–Crippen MR) is 63.2 cm³/mol. The van der Waals surface area contributed by atoms with E-state index < -0.39 is 5.97 Å². The highest BCUT2D eigenvalue weighted by molar-refractivity contribution is 7.99. The van der Waals surface area contributed by atoms with Crippen LogP contribution in [0.25, 0.3) is 0 Å². The van der Waals surface area contributed by atoms with Gasteiger partial charge in [-0.15, -0.1) is 11.8 Å². The number of carbonyl (C=O) groups is 1. The van der Waals surface area contributed by atoms with Crippen LogP contribution < -0.4 is 4.74 Å². The highest BCUT2D eigenvalue weighted by Crippen LogP contribution is 2.35. The Balaban J connectivity index is 2.05. The van der Waals surface area contributed by atoms with Gasteiger partial charge in [0.15, 0.2) is 0 Å². The average molecular weight is 238 g/mol. The van der Waals surface area contributed by atoms with Crippen molar-refractivity contribution in [3.05, 3.63) is 23.8 Å². The molecule has 2 rings (SSSR count). The topological polar surface area (TPSA) is 46.5 Å². The molecular weight excluding hydrogens is 224 g/mol. The Morgan fingerprint density at radius 2 is 2.38 bits per heavy atom. The molecule has 0 bridgehead atoms. The highest BCUT2D eigenvalue weighted by Gasteiger charge is 2.14. The molecule has 0 atom stereocenters. The van der Waals surface area contributed by atoms with Crippen molar-refractivity contribution in [1.29, 1.82) is 0 Å². The van der Waals surface area contributed by atoms with Crippen LogP contribution >= 0.6 is 11.8 Å². The van der Waals surface area contributed by atoms with Crippen LogP contribution in [-0.2, 0) is 11.2 Å². The standard InChI is InChI=1S/C12H14O3S/c13-12(14)6-7-15-10-4-1-5-11-9(10)3-2-8-16-11/h1,4-5H,2-3,6-8H2,(H,13,14). The quantitative estimate of drug-likeness (QED) is 0.875. The van der Waals surface area contributed by atoms with E-state index in [0.717, 1.165) is 24.3 Å². The van der Waals surface area contributed by atoms with Crippen LogP contribution in [0, 0.1) is 0 Å². The molecular formula is C12H14O3S. The maximum absolute atomic E-state index is 10.4. The van der Waals surface area contributed by atoms with Gasteiger partial charge in [0, 0.05) is 10.5 Å². The zero-order chi connectivity index (χ0) is 11.4. The van der Waals surface area contributed by atoms with Crippen LogP contribution in [-0.4, -0.2) is 23.4 Å². The third kappa shape index (κ3) is 2.70. The monoisotopic (exact) mass is 238 g/mol. The Bertz CT molecular complexity index is 390. The van der Waals surface area contributed by atoms with Gasteiger partial charge in [-0.25, -0.2) is 0 Å². The van der Waals surface area contributed by atoms with Gasteiger partial charge >= 0.3 is 5.97 Å². The Morgan fingerprint density at radius 1 is 1.50 bits per heavy atom. The minimum Gasteiger partial charge on any atom is -0.493 e. The second-order valence-electron chi connectivity index (χ2n) is 3.68. The van der Waals surface area contributed by atoms with Crippen molar-refractivity contribution in [1.82, 2.24) is 0 Å². The second-order valence-corrected chi connectivity index (χ2v) is 4.81. The van der Waals surface area contributed by atoms with Crippen LogP contribution in [0.5, 0.6) is 5.75 Å². The number of rotatable bonds is 4. The molecule has 1 N–H and O–H groups in total. The van der Waals surface area contributed by atoms with Crippen LogP contribution in [0.2, 0.25) is 0 Å². The SMILES string of the molecule is O=C(O)CCOc1cccc2c1CCCS2. The minimum atomic E-state index is -0.820. The van der Waals surface area contributed by atoms with Crippen molar-refractivity contribution in [2.75, 3.05) is 12.4 Å². The summed E-state index contributed by atoms with van der Waals surface area (Å²) in [7, 11) is 0. The summed E-state index contributed by atoms with van der Waals surface area (Å²) < 4.78 is 5.52. The molecule has 0 spiro atoms. The summed E-state index contributed by atoms with van der Waals surface area (Å²) in [5.41, 5.74) is 1.24. The highest BCUT2D eigenvalue weighted by atomic mass is 32.2. The van der Waals surface area contributed by atoms with Gasteiger partial charge in [0.2, 0.25) is 0 Å². The fourth-order valence-corrected chi connectivity index (χ4v) is 2.80. The van der Waals surface area contributed by atoms with Gasteiger partial charge in [-0.1, -0.05) is 6.07 Å². The summed E-state index contributed by atoms with van der Waals surface area (Å²) in [4.78, 5) is 11.7. The Labute approximate surface area is 98.8 Å². The van der Waals surface area contributed by atoms with Gasteiger partial charge in [0.25, 0.3) is 0 Å². The molecule has 4 heteroatoms. The fraction of sp³-hybridized carbons (Fsp3) is 0.417. The molecule has 0 unspecified atom stereocenters. The largest absolute Gasteiger partial charge is 0.493 e. The van der Waals surface area contributed by atoms with Crippen molar-refractivity contribution in [3.8, 4) is 5.75 Å². The molecule has 1 aromatic carbocycles. The lowest BCUT2D eigenvalue weighted by Crippen LogP contribution is -2.08. The number of benzene rings is 1. The molecule has 0 saturated carbocycles. The molecule has 1 heterocycles. The first-order valence-electron chi connectivity index (χ1n) is 5.36. The van der Waals surface area contributed by atoms with Crippen molar-refractivity contribution in [2.24, 2.45) is 0 Å². The molecule has 0 fully saturated rings. The number of fused-ring (bicyclic) bond motifs is 1. The zero-order valence-corrected chi connectivity index (χ0v) is 9.76. The molecule has 0 amide bonds. The predicted octanol–water partition coefficient (Wildman–Crippen LogP) is 2.58. The number of hydrogen-bond donors (Lipinski definition) is 1. The van der Waals surface area contributed by atoms with E-state index in [4.69, 9.17) is 9.84 Å². The molecule has 0 aromatic heterocycles. The van der Waals surface area contributed by atoms with Gasteiger partial charge in [0.1, 0.15) is 5.75 Å². The van der Waals surface area contributed by atoms with Crippen molar-refractivity contribution in [2.45, 2.75) is 24.2 Å². The molecule has 86 valence electrons. The van der Waals surface area contributed by atoms with Crippen LogP contribution in [0.1, 0.15) is 18.4 Å². The first-order valence-corrected chi connectivity index (χ1v) is 6.35. The van der Waals surface area contributed by atoms with E-state index in [1.54, 1.807) is 0 Å². The van der Waals surface area contributed by atoms with Gasteiger partial charge in [-0.2, -0.15) is 0 Å². The fourth-order valence-electron chi connectivity index (χ4n) is 1.74. The van der Waals surface area contributed by atoms with Gasteiger partial charge in [0.05, 0.1) is 13.0 Å². The van der Waals surface area contributed by atoms with Crippen molar-refractivity contribution >= 4 is 17.7 Å². The maximum Gasteiger partial charge on any atom is 0.306 e. The van der Waals surface area contributed by atoms with E-state index in [9.17, 15) is 4.79 Å². The zero-order valence-electron chi connectivity index (χ0n) is 8.94. The number of ether oxygens (including phenoxy) is 1. The van der Waals surface area contributed by atoms with Gasteiger partial charge in [-0.05, 0) is 30.7 Å². The lowest BCUT2D eigenvalue weighted by molar-refractivity contribution is -0.137. The summed E-state index contributed by atoms with van der Waals surface area (Å²) in [6, 6.07) is 5.99. The summed E-state index contributed by atoms with van der Waals surface area (Å²) in [6.45, 7) is 0.246. The molecule has 1 aliphatic heterocycles. The number of carboxylic acids is 1. The molecule has 3 nitrogen and oxygen atoms in total. The molecule has 16 heavy (non-hydrogen) atoms. The first-order chi connectivity index (χ1) is 7.77. The maximum atomic E-state index is 10.4. The van der Waals surface area contributed by atoms with Crippen molar-refractivity contribution < 1.29 is 14.6 Å². The number of aliphatic carboxylic acids is 1. The minimum absolute atomic E-state index is 0.0524. The van der Waals surface area contributed by atoms with Crippen LogP contribution in [0.3, 0.4) is 0 Å².